The van der Waals surface area contributed by atoms with Crippen LogP contribution in [-0.2, 0) is 17.8 Å². The summed E-state index contributed by atoms with van der Waals surface area (Å²) in [5, 5.41) is 2.74. The molecule has 2 aromatic carbocycles. The second kappa shape index (κ2) is 6.15. The lowest BCUT2D eigenvalue weighted by Crippen LogP contribution is -2.37. The molecule has 1 aliphatic heterocycles. The normalized spacial score (nSPS) is 14.4. The van der Waals surface area contributed by atoms with Crippen LogP contribution < -0.4 is 11.1 Å². The second-order valence-corrected chi connectivity index (χ2v) is 5.51. The Hall–Kier alpha value is -2.40. The molecule has 0 saturated carbocycles. The molecular weight excluding hydrogens is 281 g/mol. The predicted molar refractivity (Wildman–Crippen MR) is 84.9 cm³/mol. The summed E-state index contributed by atoms with van der Waals surface area (Å²) in [4.78, 5) is 14.2. The summed E-state index contributed by atoms with van der Waals surface area (Å²) in [5.41, 5.74) is 8.99. The molecule has 0 aliphatic carbocycles. The van der Waals surface area contributed by atoms with E-state index >= 15 is 0 Å². The smallest absolute Gasteiger partial charge is 0.238 e. The van der Waals surface area contributed by atoms with Crippen molar-refractivity contribution in [3.63, 3.8) is 0 Å². The van der Waals surface area contributed by atoms with E-state index < -0.39 is 5.82 Å². The fourth-order valence-corrected chi connectivity index (χ4v) is 2.73. The number of hydrogen-bond donors (Lipinski definition) is 2. The summed E-state index contributed by atoms with van der Waals surface area (Å²) < 4.78 is 13.0. The number of nitrogens with zero attached hydrogens (tertiary/aromatic N) is 1. The monoisotopic (exact) mass is 299 g/mol. The molecule has 4 nitrogen and oxygen atoms in total. The Morgan fingerprint density at radius 1 is 1.23 bits per heavy atom. The minimum Gasteiger partial charge on any atom is -0.397 e. The largest absolute Gasteiger partial charge is 0.397 e. The van der Waals surface area contributed by atoms with Gasteiger partial charge < -0.3 is 11.1 Å². The average Bonchev–Trinajstić information content (AvgIpc) is 2.50. The van der Waals surface area contributed by atoms with Crippen LogP contribution in [0.3, 0.4) is 0 Å². The van der Waals surface area contributed by atoms with Crippen LogP contribution in [0.1, 0.15) is 11.1 Å². The van der Waals surface area contributed by atoms with Crippen molar-refractivity contribution in [2.24, 2.45) is 0 Å². The zero-order chi connectivity index (χ0) is 15.5. The van der Waals surface area contributed by atoms with Crippen molar-refractivity contribution in [1.29, 1.82) is 0 Å². The van der Waals surface area contributed by atoms with Crippen LogP contribution in [0.2, 0.25) is 0 Å². The van der Waals surface area contributed by atoms with Gasteiger partial charge in [0.05, 0.1) is 17.9 Å². The highest BCUT2D eigenvalue weighted by atomic mass is 19.1. The number of nitrogen functional groups attached to an aromatic ring is 1. The van der Waals surface area contributed by atoms with E-state index in [1.807, 2.05) is 12.1 Å². The quantitative estimate of drug-likeness (QED) is 0.856. The molecule has 0 unspecified atom stereocenters. The SMILES string of the molecule is Nc1cc(F)ccc1NC(=O)CN1CCc2ccccc2C1. The van der Waals surface area contributed by atoms with Crippen LogP contribution in [-0.4, -0.2) is 23.9 Å². The number of anilines is 2. The Labute approximate surface area is 128 Å². The van der Waals surface area contributed by atoms with Crippen LogP contribution in [0.5, 0.6) is 0 Å². The van der Waals surface area contributed by atoms with E-state index in [1.54, 1.807) is 0 Å². The van der Waals surface area contributed by atoms with Gasteiger partial charge in [-0.05, 0) is 35.7 Å². The Morgan fingerprint density at radius 3 is 2.77 bits per heavy atom. The number of rotatable bonds is 3. The Balaban J connectivity index is 1.61. The van der Waals surface area contributed by atoms with E-state index in [9.17, 15) is 9.18 Å². The fraction of sp³-hybridized carbons (Fsp3) is 0.235. The number of carbonyl (C=O) groups excluding carboxylic acids is 1. The summed E-state index contributed by atoms with van der Waals surface area (Å²) >= 11 is 0. The molecule has 1 amide bonds. The highest BCUT2D eigenvalue weighted by Gasteiger charge is 2.18. The van der Waals surface area contributed by atoms with Gasteiger partial charge in [-0.25, -0.2) is 4.39 Å². The average molecular weight is 299 g/mol. The van der Waals surface area contributed by atoms with Crippen molar-refractivity contribution < 1.29 is 9.18 Å². The first-order valence-electron chi connectivity index (χ1n) is 7.26. The number of benzene rings is 2. The molecule has 3 N–H and O–H groups in total. The van der Waals surface area contributed by atoms with E-state index in [-0.39, 0.29) is 11.6 Å². The molecule has 0 saturated heterocycles. The molecule has 2 aromatic rings. The molecule has 1 heterocycles. The van der Waals surface area contributed by atoms with Gasteiger partial charge in [0.2, 0.25) is 5.91 Å². The van der Waals surface area contributed by atoms with Crippen molar-refractivity contribution in [2.45, 2.75) is 13.0 Å². The standard InChI is InChI=1S/C17H18FN3O/c18-14-5-6-16(15(19)9-14)20-17(22)11-21-8-7-12-3-1-2-4-13(12)10-21/h1-6,9H,7-8,10-11,19H2,(H,20,22). The third-order valence-corrected chi connectivity index (χ3v) is 3.86. The summed E-state index contributed by atoms with van der Waals surface area (Å²) in [6.45, 7) is 1.91. The van der Waals surface area contributed by atoms with Crippen LogP contribution in [0.15, 0.2) is 42.5 Å². The number of carbonyl (C=O) groups is 1. The second-order valence-electron chi connectivity index (χ2n) is 5.51. The number of nitrogens with one attached hydrogen (secondary N) is 1. The van der Waals surface area contributed by atoms with Gasteiger partial charge in [-0.3, -0.25) is 9.69 Å². The van der Waals surface area contributed by atoms with Crippen LogP contribution >= 0.6 is 0 Å². The molecule has 0 aromatic heterocycles. The summed E-state index contributed by atoms with van der Waals surface area (Å²) in [7, 11) is 0. The minimum atomic E-state index is -0.414. The zero-order valence-electron chi connectivity index (χ0n) is 12.2. The van der Waals surface area contributed by atoms with Gasteiger partial charge in [0.25, 0.3) is 0 Å². The third kappa shape index (κ3) is 3.26. The Kier molecular flexibility index (Phi) is 4.06. The van der Waals surface area contributed by atoms with E-state index in [1.165, 1.54) is 29.3 Å². The van der Waals surface area contributed by atoms with E-state index in [0.717, 1.165) is 19.5 Å². The minimum absolute atomic E-state index is 0.141. The molecule has 0 bridgehead atoms. The molecule has 0 atom stereocenters. The van der Waals surface area contributed by atoms with Gasteiger partial charge in [0.1, 0.15) is 5.82 Å². The molecule has 5 heteroatoms. The number of amides is 1. The van der Waals surface area contributed by atoms with Crippen molar-refractivity contribution in [2.75, 3.05) is 24.1 Å². The molecule has 0 spiro atoms. The first-order chi connectivity index (χ1) is 10.6. The van der Waals surface area contributed by atoms with Crippen molar-refractivity contribution in [1.82, 2.24) is 4.90 Å². The number of halogens is 1. The van der Waals surface area contributed by atoms with Gasteiger partial charge in [0, 0.05) is 13.1 Å². The van der Waals surface area contributed by atoms with E-state index in [2.05, 4.69) is 22.3 Å². The molecular formula is C17H18FN3O. The molecule has 1 aliphatic rings. The summed E-state index contributed by atoms with van der Waals surface area (Å²) in [5.74, 6) is -0.555. The molecule has 0 fully saturated rings. The maximum Gasteiger partial charge on any atom is 0.238 e. The number of hydrogen-bond acceptors (Lipinski definition) is 3. The van der Waals surface area contributed by atoms with E-state index in [0.29, 0.717) is 12.2 Å². The van der Waals surface area contributed by atoms with Gasteiger partial charge in [0.15, 0.2) is 0 Å². The van der Waals surface area contributed by atoms with Crippen LogP contribution in [0.4, 0.5) is 15.8 Å². The van der Waals surface area contributed by atoms with Crippen molar-refractivity contribution in [3.8, 4) is 0 Å². The molecule has 114 valence electrons. The fourth-order valence-electron chi connectivity index (χ4n) is 2.73. The Morgan fingerprint density at radius 2 is 2.00 bits per heavy atom. The predicted octanol–water partition coefficient (Wildman–Crippen LogP) is 2.40. The summed E-state index contributed by atoms with van der Waals surface area (Å²) in [6.07, 6.45) is 0.947. The number of fused-ring (bicyclic) bond motifs is 1. The first kappa shape index (κ1) is 14.5. The van der Waals surface area contributed by atoms with Gasteiger partial charge in [-0.2, -0.15) is 0 Å². The Bertz CT molecular complexity index is 702. The van der Waals surface area contributed by atoms with Gasteiger partial charge in [-0.1, -0.05) is 24.3 Å². The third-order valence-electron chi connectivity index (χ3n) is 3.86. The molecule has 3 rings (SSSR count). The highest BCUT2D eigenvalue weighted by molar-refractivity contribution is 5.95. The van der Waals surface area contributed by atoms with Gasteiger partial charge in [-0.15, -0.1) is 0 Å². The van der Waals surface area contributed by atoms with Gasteiger partial charge >= 0.3 is 0 Å². The van der Waals surface area contributed by atoms with Crippen molar-refractivity contribution >= 4 is 17.3 Å². The first-order valence-corrected chi connectivity index (χ1v) is 7.26. The summed E-state index contributed by atoms with van der Waals surface area (Å²) in [6, 6.07) is 12.2. The van der Waals surface area contributed by atoms with E-state index in [4.69, 9.17) is 5.73 Å². The topological polar surface area (TPSA) is 58.4 Å². The molecule has 22 heavy (non-hydrogen) atoms. The molecule has 0 radical (unpaired) electrons. The lowest BCUT2D eigenvalue weighted by atomic mass is 10.00. The number of nitrogens with two attached hydrogens (primary N) is 1. The zero-order valence-corrected chi connectivity index (χ0v) is 12.2. The maximum absolute atomic E-state index is 13.0. The highest BCUT2D eigenvalue weighted by Crippen LogP contribution is 2.20. The lowest BCUT2D eigenvalue weighted by Gasteiger charge is -2.28. The van der Waals surface area contributed by atoms with Crippen LogP contribution in [0.25, 0.3) is 0 Å². The lowest BCUT2D eigenvalue weighted by molar-refractivity contribution is -0.117. The van der Waals surface area contributed by atoms with Crippen molar-refractivity contribution in [3.05, 3.63) is 59.4 Å². The van der Waals surface area contributed by atoms with Crippen LogP contribution in [0, 0.1) is 5.82 Å². The maximum atomic E-state index is 13.0.